The molecule has 0 aliphatic carbocycles. The number of nitriles is 1. The van der Waals surface area contributed by atoms with Crippen LogP contribution in [0.1, 0.15) is 10.5 Å². The Morgan fingerprint density at radius 1 is 1.44 bits per heavy atom. The van der Waals surface area contributed by atoms with Crippen LogP contribution in [0.15, 0.2) is 36.5 Å². The summed E-state index contributed by atoms with van der Waals surface area (Å²) in [5.41, 5.74) is 0.501. The molecule has 0 bridgehead atoms. The minimum Gasteiger partial charge on any atom is -0.476 e. The van der Waals surface area contributed by atoms with Gasteiger partial charge in [0.15, 0.2) is 12.4 Å². The molecule has 6 nitrogen and oxygen atoms in total. The summed E-state index contributed by atoms with van der Waals surface area (Å²) >= 11 is 0. The lowest BCUT2D eigenvalue weighted by molar-refractivity contribution is 0.0686. The number of aromatic carboxylic acids is 1. The Balaban J connectivity index is 2.40. The molecule has 0 atom stereocenters. The van der Waals surface area contributed by atoms with E-state index < -0.39 is 5.97 Å². The van der Waals surface area contributed by atoms with E-state index in [2.05, 4.69) is 5.10 Å². The second kappa shape index (κ2) is 5.01. The number of benzene rings is 1. The standard InChI is InChI=1S/C12H9N3O3/c13-6-7-18-10-8-15(14-11(10)12(16)17)9-4-2-1-3-5-9/h1-5,8H,7H2,(H,16,17). The largest absolute Gasteiger partial charge is 0.476 e. The molecule has 1 heterocycles. The number of para-hydroxylation sites is 1. The lowest BCUT2D eigenvalue weighted by Gasteiger charge is -1.98. The SMILES string of the molecule is N#CCOc1cn(-c2ccccc2)nc1C(=O)O. The van der Waals surface area contributed by atoms with Gasteiger partial charge >= 0.3 is 5.97 Å². The van der Waals surface area contributed by atoms with Crippen molar-refractivity contribution in [1.82, 2.24) is 9.78 Å². The van der Waals surface area contributed by atoms with Gasteiger partial charge in [-0.15, -0.1) is 0 Å². The van der Waals surface area contributed by atoms with E-state index in [1.165, 1.54) is 10.9 Å². The third kappa shape index (κ3) is 2.30. The minimum absolute atomic E-state index is 0.0768. The first-order chi connectivity index (χ1) is 8.72. The van der Waals surface area contributed by atoms with Gasteiger partial charge in [-0.1, -0.05) is 18.2 Å². The van der Waals surface area contributed by atoms with Gasteiger partial charge in [-0.3, -0.25) is 0 Å². The average Bonchev–Trinajstić information content (AvgIpc) is 2.81. The second-order valence-electron chi connectivity index (χ2n) is 3.37. The summed E-state index contributed by atoms with van der Waals surface area (Å²) < 4.78 is 6.42. The van der Waals surface area contributed by atoms with Crippen LogP contribution in [0.25, 0.3) is 5.69 Å². The highest BCUT2D eigenvalue weighted by Gasteiger charge is 2.17. The summed E-state index contributed by atoms with van der Waals surface area (Å²) in [7, 11) is 0. The maximum Gasteiger partial charge on any atom is 0.360 e. The van der Waals surface area contributed by atoms with Crippen LogP contribution < -0.4 is 4.74 Å². The topological polar surface area (TPSA) is 88.1 Å². The van der Waals surface area contributed by atoms with Crippen LogP contribution in [-0.2, 0) is 0 Å². The molecule has 0 amide bonds. The van der Waals surface area contributed by atoms with E-state index in [-0.39, 0.29) is 18.1 Å². The molecular formula is C12H9N3O3. The van der Waals surface area contributed by atoms with Crippen molar-refractivity contribution in [1.29, 1.82) is 5.26 Å². The van der Waals surface area contributed by atoms with Crippen molar-refractivity contribution in [2.45, 2.75) is 0 Å². The number of carboxylic acids is 1. The molecule has 90 valence electrons. The normalized spacial score (nSPS) is 9.72. The van der Waals surface area contributed by atoms with Crippen LogP contribution in [0.4, 0.5) is 0 Å². The first-order valence-electron chi connectivity index (χ1n) is 5.10. The van der Waals surface area contributed by atoms with Crippen LogP contribution in [-0.4, -0.2) is 27.5 Å². The zero-order valence-electron chi connectivity index (χ0n) is 9.28. The van der Waals surface area contributed by atoms with Gasteiger partial charge in [0.25, 0.3) is 0 Å². The monoisotopic (exact) mass is 243 g/mol. The predicted octanol–water partition coefficient (Wildman–Crippen LogP) is 1.47. The molecular weight excluding hydrogens is 234 g/mol. The fraction of sp³-hybridized carbons (Fsp3) is 0.0833. The van der Waals surface area contributed by atoms with Crippen molar-refractivity contribution in [3.8, 4) is 17.5 Å². The molecule has 0 aliphatic rings. The summed E-state index contributed by atoms with van der Waals surface area (Å²) in [6.45, 7) is -0.221. The number of aromatic nitrogens is 2. The van der Waals surface area contributed by atoms with Gasteiger partial charge in [-0.25, -0.2) is 9.48 Å². The molecule has 6 heteroatoms. The maximum atomic E-state index is 11.0. The van der Waals surface area contributed by atoms with E-state index in [4.69, 9.17) is 15.1 Å². The van der Waals surface area contributed by atoms with Gasteiger partial charge in [0.1, 0.15) is 6.07 Å². The van der Waals surface area contributed by atoms with Gasteiger partial charge < -0.3 is 9.84 Å². The fourth-order valence-electron chi connectivity index (χ4n) is 1.43. The number of rotatable bonds is 4. The number of ether oxygens (including phenoxy) is 1. The van der Waals surface area contributed by atoms with Crippen LogP contribution in [0.2, 0.25) is 0 Å². The molecule has 18 heavy (non-hydrogen) atoms. The van der Waals surface area contributed by atoms with E-state index in [1.54, 1.807) is 18.2 Å². The molecule has 0 radical (unpaired) electrons. The second-order valence-corrected chi connectivity index (χ2v) is 3.37. The maximum absolute atomic E-state index is 11.0. The Morgan fingerprint density at radius 2 is 2.17 bits per heavy atom. The lowest BCUT2D eigenvalue weighted by atomic mass is 10.3. The third-order valence-corrected chi connectivity index (χ3v) is 2.20. The number of carboxylic acid groups (broad SMARTS) is 1. The molecule has 0 fully saturated rings. The average molecular weight is 243 g/mol. The Labute approximate surface area is 103 Å². The van der Waals surface area contributed by atoms with E-state index >= 15 is 0 Å². The minimum atomic E-state index is -1.20. The first-order valence-corrected chi connectivity index (χ1v) is 5.10. The zero-order chi connectivity index (χ0) is 13.0. The van der Waals surface area contributed by atoms with Gasteiger partial charge in [-0.05, 0) is 12.1 Å². The third-order valence-electron chi connectivity index (χ3n) is 2.20. The smallest absolute Gasteiger partial charge is 0.360 e. The van der Waals surface area contributed by atoms with Crippen LogP contribution in [0, 0.1) is 11.3 Å². The van der Waals surface area contributed by atoms with E-state index in [1.807, 2.05) is 18.2 Å². The molecule has 0 unspecified atom stereocenters. The molecule has 1 aromatic heterocycles. The van der Waals surface area contributed by atoms with Gasteiger partial charge in [0, 0.05) is 0 Å². The molecule has 2 rings (SSSR count). The zero-order valence-corrected chi connectivity index (χ0v) is 9.28. The van der Waals surface area contributed by atoms with Gasteiger partial charge in [0.2, 0.25) is 5.69 Å². The van der Waals surface area contributed by atoms with Crippen molar-refractivity contribution in [3.63, 3.8) is 0 Å². The summed E-state index contributed by atoms with van der Waals surface area (Å²) in [5.74, 6) is -1.12. The summed E-state index contributed by atoms with van der Waals surface area (Å²) in [5, 5.41) is 21.3. The van der Waals surface area contributed by atoms with E-state index in [9.17, 15) is 4.79 Å². The van der Waals surface area contributed by atoms with Crippen molar-refractivity contribution >= 4 is 5.97 Å². The molecule has 0 spiro atoms. The highest BCUT2D eigenvalue weighted by molar-refractivity contribution is 5.88. The van der Waals surface area contributed by atoms with Crippen molar-refractivity contribution in [3.05, 3.63) is 42.2 Å². The number of carbonyl (C=O) groups is 1. The fourth-order valence-corrected chi connectivity index (χ4v) is 1.43. The van der Waals surface area contributed by atoms with Crippen LogP contribution in [0.5, 0.6) is 5.75 Å². The molecule has 1 aromatic carbocycles. The Hall–Kier alpha value is -2.81. The first kappa shape index (κ1) is 11.7. The van der Waals surface area contributed by atoms with Gasteiger partial charge in [-0.2, -0.15) is 10.4 Å². The Morgan fingerprint density at radius 3 is 2.78 bits per heavy atom. The molecule has 0 saturated heterocycles. The molecule has 1 N–H and O–H groups in total. The van der Waals surface area contributed by atoms with E-state index in [0.29, 0.717) is 5.69 Å². The van der Waals surface area contributed by atoms with Crippen LogP contribution >= 0.6 is 0 Å². The summed E-state index contributed by atoms with van der Waals surface area (Å²) in [6, 6.07) is 10.8. The van der Waals surface area contributed by atoms with Crippen LogP contribution in [0.3, 0.4) is 0 Å². The summed E-state index contributed by atoms with van der Waals surface area (Å²) in [6.07, 6.45) is 1.44. The lowest BCUT2D eigenvalue weighted by Crippen LogP contribution is -2.03. The molecule has 2 aromatic rings. The van der Waals surface area contributed by atoms with Crippen molar-refractivity contribution < 1.29 is 14.6 Å². The van der Waals surface area contributed by atoms with E-state index in [0.717, 1.165) is 0 Å². The molecule has 0 saturated carbocycles. The van der Waals surface area contributed by atoms with Crippen molar-refractivity contribution in [2.75, 3.05) is 6.61 Å². The quantitative estimate of drug-likeness (QED) is 0.878. The Bertz CT molecular complexity index is 599. The predicted molar refractivity (Wildman–Crippen MR) is 61.6 cm³/mol. The molecule has 0 aliphatic heterocycles. The number of hydrogen-bond donors (Lipinski definition) is 1. The highest BCUT2D eigenvalue weighted by atomic mass is 16.5. The number of nitrogens with zero attached hydrogens (tertiary/aromatic N) is 3. The van der Waals surface area contributed by atoms with Crippen molar-refractivity contribution in [2.24, 2.45) is 0 Å². The summed E-state index contributed by atoms with van der Waals surface area (Å²) in [4.78, 5) is 11.0. The number of hydrogen-bond acceptors (Lipinski definition) is 4. The Kier molecular flexibility index (Phi) is 3.25. The van der Waals surface area contributed by atoms with Gasteiger partial charge in [0.05, 0.1) is 11.9 Å². The highest BCUT2D eigenvalue weighted by Crippen LogP contribution is 2.19.